The van der Waals surface area contributed by atoms with E-state index in [9.17, 15) is 9.90 Å². The highest BCUT2D eigenvalue weighted by atomic mass is 35.5. The van der Waals surface area contributed by atoms with E-state index in [1.54, 1.807) is 6.07 Å². The molecular weight excluding hydrogens is 284 g/mol. The van der Waals surface area contributed by atoms with Crippen LogP contribution in [0.5, 0.6) is 5.75 Å². The lowest BCUT2D eigenvalue weighted by Gasteiger charge is -2.12. The Morgan fingerprint density at radius 2 is 1.62 bits per heavy atom. The van der Waals surface area contributed by atoms with Crippen molar-refractivity contribution in [1.29, 1.82) is 0 Å². The second-order valence-electron chi connectivity index (χ2n) is 4.93. The van der Waals surface area contributed by atoms with Crippen LogP contribution in [0.25, 0.3) is 21.9 Å². The number of hydrogen-bond acceptors (Lipinski definition) is 2. The van der Waals surface area contributed by atoms with Crippen molar-refractivity contribution in [2.75, 3.05) is 0 Å². The smallest absolute Gasteiger partial charge is 0.163 e. The van der Waals surface area contributed by atoms with Crippen molar-refractivity contribution in [3.63, 3.8) is 0 Å². The zero-order valence-electron chi connectivity index (χ0n) is 11.4. The Morgan fingerprint density at radius 1 is 1.00 bits per heavy atom. The molecule has 3 rings (SSSR count). The van der Waals surface area contributed by atoms with Gasteiger partial charge in [-0.15, -0.1) is 0 Å². The molecule has 104 valence electrons. The first kappa shape index (κ1) is 13.7. The number of ketones is 1. The number of phenols is 1. The molecule has 0 aliphatic rings. The Labute approximate surface area is 127 Å². The second kappa shape index (κ2) is 5.23. The molecule has 3 aromatic rings. The fraction of sp³-hybridized carbons (Fsp3) is 0.0556. The first-order valence-electron chi connectivity index (χ1n) is 6.59. The van der Waals surface area contributed by atoms with Crippen LogP contribution in [-0.4, -0.2) is 10.9 Å². The molecule has 0 bridgehead atoms. The molecule has 1 N–H and O–H groups in total. The van der Waals surface area contributed by atoms with Gasteiger partial charge in [-0.2, -0.15) is 0 Å². The molecule has 0 unspecified atom stereocenters. The lowest BCUT2D eigenvalue weighted by Crippen LogP contribution is -1.95. The Bertz CT molecular complexity index is 836. The zero-order chi connectivity index (χ0) is 15.0. The normalized spacial score (nSPS) is 10.8. The minimum atomic E-state index is -0.159. The van der Waals surface area contributed by atoms with Crippen molar-refractivity contribution < 1.29 is 9.90 Å². The van der Waals surface area contributed by atoms with E-state index in [1.165, 1.54) is 6.92 Å². The molecular formula is C18H13ClO2. The molecule has 0 aliphatic carbocycles. The van der Waals surface area contributed by atoms with Gasteiger partial charge in [0.25, 0.3) is 0 Å². The first-order chi connectivity index (χ1) is 10.1. The molecule has 3 aromatic carbocycles. The second-order valence-corrected chi connectivity index (χ2v) is 5.37. The summed E-state index contributed by atoms with van der Waals surface area (Å²) in [6.07, 6.45) is 0. The molecule has 0 aliphatic heterocycles. The van der Waals surface area contributed by atoms with E-state index in [4.69, 9.17) is 11.6 Å². The largest absolute Gasteiger partial charge is 0.507 e. The average Bonchev–Trinajstić information content (AvgIpc) is 2.49. The number of hydrogen-bond donors (Lipinski definition) is 1. The van der Waals surface area contributed by atoms with Gasteiger partial charge in [-0.05, 0) is 41.6 Å². The Morgan fingerprint density at radius 3 is 2.24 bits per heavy atom. The molecule has 3 heteroatoms. The Kier molecular flexibility index (Phi) is 3.40. The lowest BCUT2D eigenvalue weighted by atomic mass is 9.93. The van der Waals surface area contributed by atoms with Gasteiger partial charge < -0.3 is 5.11 Å². The van der Waals surface area contributed by atoms with Crippen LogP contribution in [0, 0.1) is 0 Å². The SMILES string of the molecule is CC(=O)c1cc(-c2ccc(Cl)cc2)c2ccccc2c1O. The number of benzene rings is 3. The number of phenolic OH excluding ortho intramolecular Hbond substituents is 1. The van der Waals surface area contributed by atoms with E-state index in [1.807, 2.05) is 48.5 Å². The number of fused-ring (bicyclic) bond motifs is 1. The monoisotopic (exact) mass is 296 g/mol. The summed E-state index contributed by atoms with van der Waals surface area (Å²) >= 11 is 5.93. The summed E-state index contributed by atoms with van der Waals surface area (Å²) in [6.45, 7) is 1.45. The van der Waals surface area contributed by atoms with Crippen molar-refractivity contribution in [3.8, 4) is 16.9 Å². The number of aromatic hydroxyl groups is 1. The van der Waals surface area contributed by atoms with Crippen molar-refractivity contribution in [2.24, 2.45) is 0 Å². The summed E-state index contributed by atoms with van der Waals surface area (Å²) in [4.78, 5) is 11.8. The molecule has 0 atom stereocenters. The van der Waals surface area contributed by atoms with E-state index in [0.717, 1.165) is 16.5 Å². The number of rotatable bonds is 2. The van der Waals surface area contributed by atoms with E-state index in [-0.39, 0.29) is 11.5 Å². The fourth-order valence-electron chi connectivity index (χ4n) is 2.50. The van der Waals surface area contributed by atoms with Gasteiger partial charge in [-0.3, -0.25) is 4.79 Å². The van der Waals surface area contributed by atoms with Gasteiger partial charge in [0.05, 0.1) is 5.56 Å². The molecule has 21 heavy (non-hydrogen) atoms. The maximum absolute atomic E-state index is 11.8. The molecule has 0 heterocycles. The third-order valence-corrected chi connectivity index (χ3v) is 3.80. The van der Waals surface area contributed by atoms with Gasteiger partial charge in [0.2, 0.25) is 0 Å². The average molecular weight is 297 g/mol. The van der Waals surface area contributed by atoms with Gasteiger partial charge in [-0.1, -0.05) is 48.0 Å². The highest BCUT2D eigenvalue weighted by Crippen LogP contribution is 2.37. The maximum atomic E-state index is 11.8. The maximum Gasteiger partial charge on any atom is 0.163 e. The van der Waals surface area contributed by atoms with Crippen LogP contribution in [0.4, 0.5) is 0 Å². The van der Waals surface area contributed by atoms with Crippen LogP contribution in [0.1, 0.15) is 17.3 Å². The summed E-state index contributed by atoms with van der Waals surface area (Å²) in [5.74, 6) is -0.121. The van der Waals surface area contributed by atoms with E-state index < -0.39 is 0 Å². The number of Topliss-reactive ketones (excluding diaryl/α,β-unsaturated/α-hetero) is 1. The first-order valence-corrected chi connectivity index (χ1v) is 6.97. The fourth-order valence-corrected chi connectivity index (χ4v) is 2.62. The third kappa shape index (κ3) is 2.39. The quantitative estimate of drug-likeness (QED) is 0.670. The number of halogens is 1. The molecule has 0 amide bonds. The third-order valence-electron chi connectivity index (χ3n) is 3.55. The lowest BCUT2D eigenvalue weighted by molar-refractivity contribution is 0.101. The summed E-state index contributed by atoms with van der Waals surface area (Å²) in [6, 6.07) is 16.7. The predicted octanol–water partition coefficient (Wildman–Crippen LogP) is 5.07. The van der Waals surface area contributed by atoms with Gasteiger partial charge in [0, 0.05) is 10.4 Å². The van der Waals surface area contributed by atoms with Crippen LogP contribution >= 0.6 is 11.6 Å². The number of carbonyl (C=O) groups is 1. The Hall–Kier alpha value is -2.32. The van der Waals surface area contributed by atoms with Crippen molar-refractivity contribution in [2.45, 2.75) is 6.92 Å². The van der Waals surface area contributed by atoms with Crippen LogP contribution < -0.4 is 0 Å². The number of carbonyl (C=O) groups excluding carboxylic acids is 1. The van der Waals surface area contributed by atoms with Gasteiger partial charge in [-0.25, -0.2) is 0 Å². The summed E-state index contributed by atoms with van der Waals surface area (Å²) < 4.78 is 0. The molecule has 0 saturated heterocycles. The topological polar surface area (TPSA) is 37.3 Å². The summed E-state index contributed by atoms with van der Waals surface area (Å²) in [7, 11) is 0. The summed E-state index contributed by atoms with van der Waals surface area (Å²) in [5.41, 5.74) is 2.20. The van der Waals surface area contributed by atoms with Crippen LogP contribution in [0.2, 0.25) is 5.02 Å². The van der Waals surface area contributed by atoms with Gasteiger partial charge in [0.15, 0.2) is 5.78 Å². The predicted molar refractivity (Wildman–Crippen MR) is 86.1 cm³/mol. The molecule has 0 radical (unpaired) electrons. The molecule has 0 saturated carbocycles. The molecule has 0 spiro atoms. The molecule has 2 nitrogen and oxygen atoms in total. The Balaban J connectivity index is 2.38. The standard InChI is InChI=1S/C18H13ClO2/c1-11(20)16-10-17(12-6-8-13(19)9-7-12)14-4-2-3-5-15(14)18(16)21/h2-10,21H,1H3. The van der Waals surface area contributed by atoms with E-state index >= 15 is 0 Å². The van der Waals surface area contributed by atoms with Crippen LogP contribution in [-0.2, 0) is 0 Å². The molecule has 0 aromatic heterocycles. The summed E-state index contributed by atoms with van der Waals surface area (Å²) in [5, 5.41) is 12.5. The van der Waals surface area contributed by atoms with Crippen LogP contribution in [0.3, 0.4) is 0 Å². The van der Waals surface area contributed by atoms with Gasteiger partial charge in [0.1, 0.15) is 5.75 Å². The minimum Gasteiger partial charge on any atom is -0.507 e. The highest BCUT2D eigenvalue weighted by molar-refractivity contribution is 6.30. The van der Waals surface area contributed by atoms with Crippen molar-refractivity contribution >= 4 is 28.2 Å². The molecule has 0 fully saturated rings. The van der Waals surface area contributed by atoms with Gasteiger partial charge >= 0.3 is 0 Å². The van der Waals surface area contributed by atoms with Crippen LogP contribution in [0.15, 0.2) is 54.6 Å². The highest BCUT2D eigenvalue weighted by Gasteiger charge is 2.15. The van der Waals surface area contributed by atoms with E-state index in [0.29, 0.717) is 16.0 Å². The van der Waals surface area contributed by atoms with E-state index in [2.05, 4.69) is 0 Å². The minimum absolute atomic E-state index is 0.0378. The van der Waals surface area contributed by atoms with Crippen molar-refractivity contribution in [3.05, 3.63) is 65.2 Å². The van der Waals surface area contributed by atoms with Crippen molar-refractivity contribution in [1.82, 2.24) is 0 Å². The zero-order valence-corrected chi connectivity index (χ0v) is 12.2.